The van der Waals surface area contributed by atoms with E-state index in [1.807, 2.05) is 0 Å². The molecular weight excluding hydrogens is 236 g/mol. The van der Waals surface area contributed by atoms with Gasteiger partial charge in [0.1, 0.15) is 0 Å². The third kappa shape index (κ3) is 3.93. The van der Waals surface area contributed by atoms with Crippen LogP contribution < -0.4 is 5.32 Å². The second-order valence-corrected chi connectivity index (χ2v) is 7.65. The first-order valence-electron chi connectivity index (χ1n) is 6.65. The van der Waals surface area contributed by atoms with Crippen LogP contribution in [-0.4, -0.2) is 44.7 Å². The van der Waals surface area contributed by atoms with Crippen molar-refractivity contribution in [2.75, 3.05) is 25.9 Å². The van der Waals surface area contributed by atoms with Gasteiger partial charge in [0, 0.05) is 19.1 Å². The van der Waals surface area contributed by atoms with Crippen molar-refractivity contribution in [2.24, 2.45) is 11.8 Å². The summed E-state index contributed by atoms with van der Waals surface area (Å²) < 4.78 is 24.6. The molecule has 0 aromatic heterocycles. The van der Waals surface area contributed by atoms with E-state index in [-0.39, 0.29) is 0 Å². The van der Waals surface area contributed by atoms with E-state index >= 15 is 0 Å². The lowest BCUT2D eigenvalue weighted by Crippen LogP contribution is -2.43. The molecule has 0 amide bonds. The standard InChI is InChI=1S/C12H24N2O2S/c1-10(12-5-6-12)13-8-11-4-3-7-14(9-11)17(2,15)16/h10-13H,3-9H2,1-2H3. The van der Waals surface area contributed by atoms with Crippen molar-refractivity contribution in [1.82, 2.24) is 9.62 Å². The summed E-state index contributed by atoms with van der Waals surface area (Å²) in [4.78, 5) is 0. The van der Waals surface area contributed by atoms with Gasteiger partial charge in [-0.15, -0.1) is 0 Å². The number of nitrogens with zero attached hydrogens (tertiary/aromatic N) is 1. The second kappa shape index (κ2) is 5.24. The molecule has 0 bridgehead atoms. The van der Waals surface area contributed by atoms with Gasteiger partial charge >= 0.3 is 0 Å². The van der Waals surface area contributed by atoms with Crippen LogP contribution in [-0.2, 0) is 10.0 Å². The van der Waals surface area contributed by atoms with Crippen LogP contribution in [0.15, 0.2) is 0 Å². The van der Waals surface area contributed by atoms with Crippen molar-refractivity contribution in [3.8, 4) is 0 Å². The van der Waals surface area contributed by atoms with Gasteiger partial charge in [-0.2, -0.15) is 0 Å². The summed E-state index contributed by atoms with van der Waals surface area (Å²) in [5.74, 6) is 1.35. The summed E-state index contributed by atoms with van der Waals surface area (Å²) >= 11 is 0. The predicted molar refractivity (Wildman–Crippen MR) is 69.3 cm³/mol. The third-order valence-electron chi connectivity index (χ3n) is 4.01. The van der Waals surface area contributed by atoms with Crippen LogP contribution in [0.3, 0.4) is 0 Å². The number of rotatable bonds is 5. The zero-order valence-corrected chi connectivity index (χ0v) is 11.7. The van der Waals surface area contributed by atoms with E-state index in [0.29, 0.717) is 25.0 Å². The van der Waals surface area contributed by atoms with Gasteiger partial charge in [-0.05, 0) is 51.0 Å². The maximum absolute atomic E-state index is 11.5. The number of hydrogen-bond acceptors (Lipinski definition) is 3. The normalized spacial score (nSPS) is 29.2. The Morgan fingerprint density at radius 3 is 2.65 bits per heavy atom. The Hall–Kier alpha value is -0.130. The van der Waals surface area contributed by atoms with Crippen LogP contribution in [0.25, 0.3) is 0 Å². The predicted octanol–water partition coefficient (Wildman–Crippen LogP) is 1.05. The fourth-order valence-electron chi connectivity index (χ4n) is 2.61. The van der Waals surface area contributed by atoms with Crippen LogP contribution in [0.4, 0.5) is 0 Å². The summed E-state index contributed by atoms with van der Waals surface area (Å²) in [6.45, 7) is 4.61. The molecule has 0 radical (unpaired) electrons. The molecule has 1 saturated heterocycles. The number of sulfonamides is 1. The minimum Gasteiger partial charge on any atom is -0.314 e. The van der Waals surface area contributed by atoms with Gasteiger partial charge in [0.15, 0.2) is 0 Å². The first-order valence-corrected chi connectivity index (χ1v) is 8.50. The van der Waals surface area contributed by atoms with E-state index < -0.39 is 10.0 Å². The minimum atomic E-state index is -3.00. The molecule has 1 N–H and O–H groups in total. The molecule has 17 heavy (non-hydrogen) atoms. The van der Waals surface area contributed by atoms with E-state index in [4.69, 9.17) is 0 Å². The first-order chi connectivity index (χ1) is 7.97. The second-order valence-electron chi connectivity index (χ2n) is 5.66. The van der Waals surface area contributed by atoms with Crippen molar-refractivity contribution in [3.63, 3.8) is 0 Å². The highest BCUT2D eigenvalue weighted by molar-refractivity contribution is 7.88. The van der Waals surface area contributed by atoms with Gasteiger partial charge in [-0.3, -0.25) is 0 Å². The lowest BCUT2D eigenvalue weighted by molar-refractivity contribution is 0.254. The van der Waals surface area contributed by atoms with Crippen LogP contribution >= 0.6 is 0 Å². The van der Waals surface area contributed by atoms with Crippen molar-refractivity contribution in [2.45, 2.75) is 38.6 Å². The Balaban J connectivity index is 1.77. The van der Waals surface area contributed by atoms with Crippen molar-refractivity contribution in [1.29, 1.82) is 0 Å². The Bertz CT molecular complexity index is 352. The molecule has 1 heterocycles. The monoisotopic (exact) mass is 260 g/mol. The van der Waals surface area contributed by atoms with E-state index in [9.17, 15) is 8.42 Å². The van der Waals surface area contributed by atoms with Crippen LogP contribution in [0.5, 0.6) is 0 Å². The molecule has 1 aliphatic heterocycles. The highest BCUT2D eigenvalue weighted by Gasteiger charge is 2.29. The maximum Gasteiger partial charge on any atom is 0.211 e. The van der Waals surface area contributed by atoms with Crippen LogP contribution in [0.1, 0.15) is 32.6 Å². The quantitative estimate of drug-likeness (QED) is 0.804. The molecule has 2 aliphatic rings. The molecule has 100 valence electrons. The largest absolute Gasteiger partial charge is 0.314 e. The van der Waals surface area contributed by atoms with E-state index in [1.165, 1.54) is 19.1 Å². The summed E-state index contributed by atoms with van der Waals surface area (Å²) in [6.07, 6.45) is 6.17. The van der Waals surface area contributed by atoms with Crippen molar-refractivity contribution < 1.29 is 8.42 Å². The fourth-order valence-corrected chi connectivity index (χ4v) is 3.55. The lowest BCUT2D eigenvalue weighted by Gasteiger charge is -2.31. The molecule has 5 heteroatoms. The van der Waals surface area contributed by atoms with Gasteiger partial charge in [0.25, 0.3) is 0 Å². The van der Waals surface area contributed by atoms with Crippen LogP contribution in [0.2, 0.25) is 0 Å². The van der Waals surface area contributed by atoms with Crippen molar-refractivity contribution >= 4 is 10.0 Å². The smallest absolute Gasteiger partial charge is 0.211 e. The molecule has 2 unspecified atom stereocenters. The molecule has 2 fully saturated rings. The molecule has 0 spiro atoms. The summed E-state index contributed by atoms with van der Waals surface area (Å²) in [5, 5.41) is 3.56. The van der Waals surface area contributed by atoms with E-state index in [0.717, 1.165) is 25.3 Å². The zero-order chi connectivity index (χ0) is 12.5. The lowest BCUT2D eigenvalue weighted by atomic mass is 9.99. The summed E-state index contributed by atoms with van der Waals surface area (Å²) in [7, 11) is -3.00. The molecule has 1 saturated carbocycles. The van der Waals surface area contributed by atoms with Crippen LogP contribution in [0, 0.1) is 11.8 Å². The molecule has 2 rings (SSSR count). The van der Waals surface area contributed by atoms with Gasteiger partial charge in [0.2, 0.25) is 10.0 Å². The third-order valence-corrected chi connectivity index (χ3v) is 5.28. The molecular formula is C12H24N2O2S. The molecule has 0 aromatic rings. The fraction of sp³-hybridized carbons (Fsp3) is 1.00. The van der Waals surface area contributed by atoms with Gasteiger partial charge in [-0.25, -0.2) is 12.7 Å². The molecule has 0 aromatic carbocycles. The van der Waals surface area contributed by atoms with Gasteiger partial charge in [0.05, 0.1) is 6.26 Å². The SMILES string of the molecule is CC(NCC1CCCN(S(C)(=O)=O)C1)C1CC1. The minimum absolute atomic E-state index is 0.486. The van der Waals surface area contributed by atoms with Gasteiger partial charge in [-0.1, -0.05) is 0 Å². The molecule has 2 atom stereocenters. The number of piperidine rings is 1. The Kier molecular flexibility index (Phi) is 4.10. The van der Waals surface area contributed by atoms with E-state index in [2.05, 4.69) is 12.2 Å². The highest BCUT2D eigenvalue weighted by Crippen LogP contribution is 2.32. The number of nitrogens with one attached hydrogen (secondary N) is 1. The maximum atomic E-state index is 11.5. The highest BCUT2D eigenvalue weighted by atomic mass is 32.2. The topological polar surface area (TPSA) is 49.4 Å². The molecule has 4 nitrogen and oxygen atoms in total. The average Bonchev–Trinajstić information content (AvgIpc) is 3.09. The van der Waals surface area contributed by atoms with Crippen molar-refractivity contribution in [3.05, 3.63) is 0 Å². The Morgan fingerprint density at radius 2 is 2.06 bits per heavy atom. The zero-order valence-electron chi connectivity index (χ0n) is 10.9. The van der Waals surface area contributed by atoms with E-state index in [1.54, 1.807) is 4.31 Å². The summed E-state index contributed by atoms with van der Waals surface area (Å²) in [5.41, 5.74) is 0. The molecule has 1 aliphatic carbocycles. The van der Waals surface area contributed by atoms with Gasteiger partial charge < -0.3 is 5.32 Å². The average molecular weight is 260 g/mol. The summed E-state index contributed by atoms with van der Waals surface area (Å²) in [6, 6.07) is 0.601. The Labute approximate surface area is 105 Å². The number of hydrogen-bond donors (Lipinski definition) is 1. The Morgan fingerprint density at radius 1 is 1.35 bits per heavy atom. The first kappa shape index (κ1) is 13.3.